The average molecular weight is 388 g/mol. The first-order valence-electron chi connectivity index (χ1n) is 6.65. The Morgan fingerprint density at radius 1 is 1.00 bits per heavy atom. The van der Waals surface area contributed by atoms with Crippen LogP contribution in [0.5, 0.6) is 5.75 Å². The first-order valence-corrected chi connectivity index (χ1v) is 11.6. The highest BCUT2D eigenvalue weighted by molar-refractivity contribution is 7.62. The van der Waals surface area contributed by atoms with E-state index in [2.05, 4.69) is 0 Å². The Morgan fingerprint density at radius 3 is 2.26 bits per heavy atom. The lowest BCUT2D eigenvalue weighted by Gasteiger charge is -2.11. The molecule has 0 aliphatic heterocycles. The van der Waals surface area contributed by atoms with Crippen LogP contribution >= 0.6 is 33.2 Å². The van der Waals surface area contributed by atoms with Gasteiger partial charge in [-0.15, -0.1) is 0 Å². The zero-order valence-corrected chi connectivity index (χ0v) is 15.2. The second kappa shape index (κ2) is 8.52. The Balaban J connectivity index is 1.91. The highest BCUT2D eigenvalue weighted by atomic mass is 35.8. The summed E-state index contributed by atoms with van der Waals surface area (Å²) in [6.07, 6.45) is 0.146. The number of allylic oxidation sites excluding steroid dienone is 1. The van der Waals surface area contributed by atoms with Crippen molar-refractivity contribution < 1.29 is 14.0 Å². The normalized spacial score (nSPS) is 11.6. The monoisotopic (exact) mass is 386 g/mol. The summed E-state index contributed by atoms with van der Waals surface area (Å²) >= 11 is 16.7. The zero-order chi connectivity index (χ0) is 16.7. The van der Waals surface area contributed by atoms with E-state index in [0.29, 0.717) is 11.3 Å². The fourth-order valence-corrected chi connectivity index (χ4v) is 2.31. The van der Waals surface area contributed by atoms with Crippen LogP contribution in [0.4, 0.5) is 0 Å². The van der Waals surface area contributed by atoms with Crippen molar-refractivity contribution in [2.45, 2.75) is 0 Å². The first-order chi connectivity index (χ1) is 10.9. The Bertz CT molecular complexity index is 667. The van der Waals surface area contributed by atoms with Gasteiger partial charge in [0.2, 0.25) is 0 Å². The number of carbonyl (C=O) groups excluding carboxylic acids is 1. The molecule has 3 nitrogen and oxygen atoms in total. The summed E-state index contributed by atoms with van der Waals surface area (Å²) in [4.78, 5) is 12.1. The topological polar surface area (TPSA) is 35.5 Å². The number of halogens is 3. The lowest BCUT2D eigenvalue weighted by molar-refractivity contribution is 0.104. The molecule has 0 N–H and O–H groups in total. The zero-order valence-electron chi connectivity index (χ0n) is 11.9. The van der Waals surface area contributed by atoms with Crippen molar-refractivity contribution in [3.8, 4) is 5.75 Å². The molecule has 7 heteroatoms. The van der Waals surface area contributed by atoms with E-state index in [1.54, 1.807) is 30.3 Å². The Hall–Kier alpha value is -1.30. The van der Waals surface area contributed by atoms with E-state index in [1.807, 2.05) is 30.3 Å². The summed E-state index contributed by atoms with van der Waals surface area (Å²) in [6, 6.07) is 16.3. The van der Waals surface area contributed by atoms with Crippen LogP contribution in [0.3, 0.4) is 0 Å². The maximum atomic E-state index is 12.1. The van der Waals surface area contributed by atoms with Crippen LogP contribution in [-0.4, -0.2) is 18.8 Å². The molecule has 0 fully saturated rings. The second-order valence-electron chi connectivity index (χ2n) is 4.48. The van der Waals surface area contributed by atoms with Crippen molar-refractivity contribution in [3.05, 3.63) is 71.8 Å². The highest BCUT2D eigenvalue weighted by Gasteiger charge is 2.27. The van der Waals surface area contributed by atoms with E-state index in [4.69, 9.17) is 42.4 Å². The van der Waals surface area contributed by atoms with Gasteiger partial charge in [-0.2, -0.15) is 0 Å². The lowest BCUT2D eigenvalue weighted by Crippen LogP contribution is -2.19. The summed E-state index contributed by atoms with van der Waals surface area (Å²) < 4.78 is 10.2. The predicted octanol–water partition coefficient (Wildman–Crippen LogP) is 5.09. The molecule has 0 unspecified atom stereocenters. The van der Waals surface area contributed by atoms with Crippen LogP contribution in [-0.2, 0) is 4.43 Å². The maximum absolute atomic E-state index is 12.1. The largest absolute Gasteiger partial charge is 0.496 e. The SMILES string of the molecule is O=C(C=Cc1ccccc1)c1ccc(OCO[Si](Cl)(Cl)Cl)cc1. The minimum Gasteiger partial charge on any atom is -0.468 e. The lowest BCUT2D eigenvalue weighted by atomic mass is 10.1. The fraction of sp³-hybridized carbons (Fsp3) is 0.0625. The van der Waals surface area contributed by atoms with E-state index >= 15 is 0 Å². The molecule has 2 aromatic rings. The van der Waals surface area contributed by atoms with Crippen molar-refractivity contribution in [1.82, 2.24) is 0 Å². The molecule has 0 amide bonds. The number of rotatable bonds is 7. The molecule has 0 spiro atoms. The van der Waals surface area contributed by atoms with Crippen LogP contribution in [0, 0.1) is 0 Å². The number of benzene rings is 2. The Kier molecular flexibility index (Phi) is 6.68. The molecule has 0 heterocycles. The van der Waals surface area contributed by atoms with Gasteiger partial charge in [0.1, 0.15) is 5.75 Å². The molecule has 0 aromatic heterocycles. The third-order valence-electron chi connectivity index (χ3n) is 2.81. The van der Waals surface area contributed by atoms with Gasteiger partial charge in [0.15, 0.2) is 12.6 Å². The van der Waals surface area contributed by atoms with Gasteiger partial charge in [-0.25, -0.2) is 0 Å². The standard InChI is InChI=1S/C16H13Cl3O3Si/c17-23(18,19)22-12-21-15-9-7-14(8-10-15)16(20)11-6-13-4-2-1-3-5-13/h1-11H,12H2. The van der Waals surface area contributed by atoms with Crippen LogP contribution < -0.4 is 4.74 Å². The van der Waals surface area contributed by atoms with Gasteiger partial charge < -0.3 is 9.16 Å². The summed E-state index contributed by atoms with van der Waals surface area (Å²) in [5.74, 6) is 0.433. The van der Waals surface area contributed by atoms with Crippen molar-refractivity contribution in [1.29, 1.82) is 0 Å². The van der Waals surface area contributed by atoms with Crippen LogP contribution in [0.1, 0.15) is 15.9 Å². The van der Waals surface area contributed by atoms with Gasteiger partial charge >= 0.3 is 6.25 Å². The molecular weight excluding hydrogens is 375 g/mol. The van der Waals surface area contributed by atoms with Crippen molar-refractivity contribution >= 4 is 51.3 Å². The van der Waals surface area contributed by atoms with Crippen molar-refractivity contribution in [2.75, 3.05) is 6.79 Å². The van der Waals surface area contributed by atoms with Gasteiger partial charge in [-0.1, -0.05) is 69.6 Å². The smallest absolute Gasteiger partial charge is 0.468 e. The summed E-state index contributed by atoms with van der Waals surface area (Å²) in [7, 11) is 0. The third-order valence-corrected chi connectivity index (χ3v) is 4.24. The quantitative estimate of drug-likeness (QED) is 0.218. The van der Waals surface area contributed by atoms with Crippen LogP contribution in [0.2, 0.25) is 0 Å². The van der Waals surface area contributed by atoms with Gasteiger partial charge in [0.25, 0.3) is 0 Å². The molecule has 0 aliphatic carbocycles. The van der Waals surface area contributed by atoms with Crippen molar-refractivity contribution in [3.63, 3.8) is 0 Å². The molecule has 0 aliphatic rings. The molecule has 0 bridgehead atoms. The van der Waals surface area contributed by atoms with E-state index in [9.17, 15) is 4.79 Å². The number of hydrogen-bond acceptors (Lipinski definition) is 3. The maximum Gasteiger partial charge on any atom is 0.496 e. The summed E-state index contributed by atoms with van der Waals surface area (Å²) in [5.41, 5.74) is 1.52. The van der Waals surface area contributed by atoms with E-state index in [0.717, 1.165) is 5.56 Å². The fourth-order valence-electron chi connectivity index (χ4n) is 1.71. The van der Waals surface area contributed by atoms with Crippen molar-refractivity contribution in [2.24, 2.45) is 0 Å². The molecule has 2 rings (SSSR count). The predicted molar refractivity (Wildman–Crippen MR) is 96.1 cm³/mol. The van der Waals surface area contributed by atoms with Crippen LogP contribution in [0.25, 0.3) is 6.08 Å². The average Bonchev–Trinajstić information content (AvgIpc) is 2.53. The van der Waals surface area contributed by atoms with E-state index < -0.39 is 6.25 Å². The molecule has 0 radical (unpaired) electrons. The number of ketones is 1. The highest BCUT2D eigenvalue weighted by Crippen LogP contribution is 2.21. The first kappa shape index (κ1) is 18.0. The number of ether oxygens (including phenoxy) is 1. The van der Waals surface area contributed by atoms with Gasteiger partial charge in [0.05, 0.1) is 0 Å². The molecule has 0 saturated carbocycles. The van der Waals surface area contributed by atoms with Gasteiger partial charge in [0, 0.05) is 5.56 Å². The van der Waals surface area contributed by atoms with Crippen LogP contribution in [0.15, 0.2) is 60.7 Å². The molecule has 23 heavy (non-hydrogen) atoms. The Morgan fingerprint density at radius 2 is 1.65 bits per heavy atom. The second-order valence-corrected chi connectivity index (χ2v) is 12.2. The minimum absolute atomic E-state index is 0.0923. The molecule has 120 valence electrons. The van der Waals surface area contributed by atoms with Gasteiger partial charge in [-0.3, -0.25) is 4.79 Å². The minimum atomic E-state index is -3.15. The Labute approximate surface area is 149 Å². The molecule has 2 aromatic carbocycles. The molecular formula is C16H13Cl3O3Si. The third kappa shape index (κ3) is 6.77. The summed E-state index contributed by atoms with van der Waals surface area (Å²) in [6.45, 7) is -0.149. The summed E-state index contributed by atoms with van der Waals surface area (Å²) in [5, 5.41) is 0. The van der Waals surface area contributed by atoms with Gasteiger partial charge in [-0.05, 0) is 35.9 Å². The molecule has 0 saturated heterocycles. The van der Waals surface area contributed by atoms with E-state index in [-0.39, 0.29) is 12.6 Å². The number of hydrogen-bond donors (Lipinski definition) is 0. The van der Waals surface area contributed by atoms with E-state index in [1.165, 1.54) is 6.08 Å². The number of carbonyl (C=O) groups is 1. The molecule has 0 atom stereocenters.